The first-order chi connectivity index (χ1) is 12.6. The minimum absolute atomic E-state index is 0.0215. The van der Waals surface area contributed by atoms with Crippen molar-refractivity contribution < 1.29 is 9.90 Å². The van der Waals surface area contributed by atoms with Crippen LogP contribution in [-0.4, -0.2) is 60.6 Å². The molecule has 0 spiro atoms. The summed E-state index contributed by atoms with van der Waals surface area (Å²) in [5.41, 5.74) is 1.67. The Morgan fingerprint density at radius 2 is 1.85 bits per heavy atom. The molecule has 1 heterocycles. The molecule has 1 fully saturated rings. The summed E-state index contributed by atoms with van der Waals surface area (Å²) in [5, 5.41) is 12.7. The third kappa shape index (κ3) is 4.62. The van der Waals surface area contributed by atoms with E-state index in [2.05, 4.69) is 52.5 Å². The largest absolute Gasteiger partial charge is 0.507 e. The number of phenolic OH excluding ortho intramolecular Hbond substituents is 1. The summed E-state index contributed by atoms with van der Waals surface area (Å²) in [7, 11) is 2.17. The highest BCUT2D eigenvalue weighted by Crippen LogP contribution is 2.24. The Hall–Kier alpha value is -2.37. The Bertz CT molecular complexity index is 720. The fraction of sp³-hybridized carbons (Fsp3) is 0.381. The Kier molecular flexibility index (Phi) is 6.26. The van der Waals surface area contributed by atoms with Crippen LogP contribution in [0.25, 0.3) is 0 Å². The van der Waals surface area contributed by atoms with Gasteiger partial charge < -0.3 is 15.3 Å². The summed E-state index contributed by atoms with van der Waals surface area (Å²) in [6, 6.07) is 17.6. The standard InChI is InChI=1S/C21H27N3O2/c1-23-14-15-24(19(16-23)17-8-3-2-4-9-17)13-7-12-22-21(26)18-10-5-6-11-20(18)25/h2-6,8-11,19,25H,7,12-16H2,1H3,(H,22,26). The van der Waals surface area contributed by atoms with Gasteiger partial charge in [0.25, 0.3) is 5.91 Å². The van der Waals surface area contributed by atoms with E-state index in [4.69, 9.17) is 0 Å². The number of hydrogen-bond donors (Lipinski definition) is 2. The van der Waals surface area contributed by atoms with Crippen LogP contribution in [0.2, 0.25) is 0 Å². The lowest BCUT2D eigenvalue weighted by molar-refractivity contribution is 0.0865. The number of carbonyl (C=O) groups excluding carboxylic acids is 1. The molecule has 1 saturated heterocycles. The maximum absolute atomic E-state index is 12.2. The van der Waals surface area contributed by atoms with Crippen molar-refractivity contribution in [2.45, 2.75) is 12.5 Å². The van der Waals surface area contributed by atoms with E-state index in [0.717, 1.165) is 32.6 Å². The zero-order chi connectivity index (χ0) is 18.4. The lowest BCUT2D eigenvalue weighted by Crippen LogP contribution is -2.47. The minimum atomic E-state index is -0.221. The summed E-state index contributed by atoms with van der Waals surface area (Å²) >= 11 is 0. The summed E-state index contributed by atoms with van der Waals surface area (Å²) in [6.07, 6.45) is 0.881. The number of nitrogens with one attached hydrogen (secondary N) is 1. The highest BCUT2D eigenvalue weighted by molar-refractivity contribution is 5.96. The van der Waals surface area contributed by atoms with Crippen molar-refractivity contribution in [1.29, 1.82) is 0 Å². The second kappa shape index (κ2) is 8.83. The maximum Gasteiger partial charge on any atom is 0.255 e. The van der Waals surface area contributed by atoms with Gasteiger partial charge in [0, 0.05) is 38.8 Å². The van der Waals surface area contributed by atoms with Gasteiger partial charge in [-0.05, 0) is 31.2 Å². The fourth-order valence-corrected chi connectivity index (χ4v) is 3.46. The number of piperazine rings is 1. The number of amides is 1. The topological polar surface area (TPSA) is 55.8 Å². The number of likely N-dealkylation sites (N-methyl/N-ethyl adjacent to an activating group) is 1. The van der Waals surface area contributed by atoms with E-state index in [-0.39, 0.29) is 11.7 Å². The number of hydrogen-bond acceptors (Lipinski definition) is 4. The van der Waals surface area contributed by atoms with Crippen LogP contribution < -0.4 is 5.32 Å². The van der Waals surface area contributed by atoms with Gasteiger partial charge in [0.05, 0.1) is 5.56 Å². The van der Waals surface area contributed by atoms with Crippen LogP contribution in [0, 0.1) is 0 Å². The normalized spacial score (nSPS) is 18.6. The molecular weight excluding hydrogens is 326 g/mol. The molecule has 5 nitrogen and oxygen atoms in total. The van der Waals surface area contributed by atoms with Gasteiger partial charge in [-0.1, -0.05) is 42.5 Å². The van der Waals surface area contributed by atoms with Crippen molar-refractivity contribution >= 4 is 5.91 Å². The molecule has 0 aromatic heterocycles. The van der Waals surface area contributed by atoms with Gasteiger partial charge in [-0.3, -0.25) is 9.69 Å². The number of rotatable bonds is 6. The Balaban J connectivity index is 1.51. The van der Waals surface area contributed by atoms with Crippen LogP contribution in [-0.2, 0) is 0 Å². The van der Waals surface area contributed by atoms with Crippen LogP contribution in [0.15, 0.2) is 54.6 Å². The first-order valence-corrected chi connectivity index (χ1v) is 9.19. The van der Waals surface area contributed by atoms with Crippen LogP contribution in [0.3, 0.4) is 0 Å². The molecule has 1 amide bonds. The molecule has 1 aliphatic rings. The summed E-state index contributed by atoms with van der Waals surface area (Å²) in [5.74, 6) is -0.200. The lowest BCUT2D eigenvalue weighted by Gasteiger charge is -2.40. The van der Waals surface area contributed by atoms with E-state index in [9.17, 15) is 9.90 Å². The Labute approximate surface area is 155 Å². The van der Waals surface area contributed by atoms with Gasteiger partial charge in [0.1, 0.15) is 5.75 Å². The fourth-order valence-electron chi connectivity index (χ4n) is 3.46. The second-order valence-corrected chi connectivity index (χ2v) is 6.85. The quantitative estimate of drug-likeness (QED) is 0.784. The Morgan fingerprint density at radius 1 is 1.12 bits per heavy atom. The number of benzene rings is 2. The van der Waals surface area contributed by atoms with Gasteiger partial charge in [0.15, 0.2) is 0 Å². The summed E-state index contributed by atoms with van der Waals surface area (Å²) < 4.78 is 0. The van der Waals surface area contributed by atoms with Gasteiger partial charge >= 0.3 is 0 Å². The van der Waals surface area contributed by atoms with Gasteiger partial charge in [-0.25, -0.2) is 0 Å². The molecule has 5 heteroatoms. The van der Waals surface area contributed by atoms with Gasteiger partial charge in [-0.2, -0.15) is 0 Å². The molecule has 1 aliphatic heterocycles. The SMILES string of the molecule is CN1CCN(CCCNC(=O)c2ccccc2O)C(c2ccccc2)C1. The average molecular weight is 353 g/mol. The van der Waals surface area contributed by atoms with E-state index in [0.29, 0.717) is 18.2 Å². The van der Waals surface area contributed by atoms with Crippen molar-refractivity contribution in [3.63, 3.8) is 0 Å². The maximum atomic E-state index is 12.2. The smallest absolute Gasteiger partial charge is 0.255 e. The van der Waals surface area contributed by atoms with Crippen LogP contribution in [0.4, 0.5) is 0 Å². The molecule has 0 radical (unpaired) electrons. The van der Waals surface area contributed by atoms with Crippen LogP contribution in [0.5, 0.6) is 5.75 Å². The molecule has 2 aromatic carbocycles. The molecule has 2 N–H and O–H groups in total. The average Bonchev–Trinajstić information content (AvgIpc) is 2.67. The second-order valence-electron chi connectivity index (χ2n) is 6.85. The van der Waals surface area contributed by atoms with Crippen molar-refractivity contribution in [3.05, 3.63) is 65.7 Å². The number of aromatic hydroxyl groups is 1. The van der Waals surface area contributed by atoms with Crippen molar-refractivity contribution in [3.8, 4) is 5.75 Å². The monoisotopic (exact) mass is 353 g/mol. The molecule has 2 aromatic rings. The molecule has 138 valence electrons. The predicted octanol–water partition coefficient (Wildman–Crippen LogP) is 2.50. The predicted molar refractivity (Wildman–Crippen MR) is 103 cm³/mol. The molecule has 0 aliphatic carbocycles. The zero-order valence-corrected chi connectivity index (χ0v) is 15.3. The highest BCUT2D eigenvalue weighted by Gasteiger charge is 2.25. The Morgan fingerprint density at radius 3 is 2.62 bits per heavy atom. The molecule has 0 saturated carbocycles. The first-order valence-electron chi connectivity index (χ1n) is 9.19. The van der Waals surface area contributed by atoms with E-state index in [1.165, 1.54) is 11.6 Å². The third-order valence-corrected chi connectivity index (χ3v) is 4.94. The minimum Gasteiger partial charge on any atom is -0.507 e. The zero-order valence-electron chi connectivity index (χ0n) is 15.3. The molecular formula is C21H27N3O2. The van der Waals surface area contributed by atoms with Crippen molar-refractivity contribution in [2.24, 2.45) is 0 Å². The van der Waals surface area contributed by atoms with E-state index in [1.54, 1.807) is 18.2 Å². The lowest BCUT2D eigenvalue weighted by atomic mass is 10.0. The number of phenols is 1. The van der Waals surface area contributed by atoms with E-state index >= 15 is 0 Å². The van der Waals surface area contributed by atoms with Crippen molar-refractivity contribution in [1.82, 2.24) is 15.1 Å². The number of nitrogens with zero attached hydrogens (tertiary/aromatic N) is 2. The van der Waals surface area contributed by atoms with E-state index in [1.807, 2.05) is 0 Å². The first kappa shape index (κ1) is 18.4. The number of para-hydroxylation sites is 1. The summed E-state index contributed by atoms with van der Waals surface area (Å²) in [6.45, 7) is 4.65. The van der Waals surface area contributed by atoms with Crippen molar-refractivity contribution in [2.75, 3.05) is 39.8 Å². The molecule has 3 rings (SSSR count). The highest BCUT2D eigenvalue weighted by atomic mass is 16.3. The van der Waals surface area contributed by atoms with Crippen LogP contribution >= 0.6 is 0 Å². The summed E-state index contributed by atoms with van der Waals surface area (Å²) in [4.78, 5) is 17.0. The molecule has 1 atom stereocenters. The van der Waals surface area contributed by atoms with Gasteiger partial charge in [-0.15, -0.1) is 0 Å². The molecule has 0 bridgehead atoms. The molecule has 1 unspecified atom stereocenters. The third-order valence-electron chi connectivity index (χ3n) is 4.94. The van der Waals surface area contributed by atoms with Gasteiger partial charge in [0.2, 0.25) is 0 Å². The van der Waals surface area contributed by atoms with E-state index < -0.39 is 0 Å². The van der Waals surface area contributed by atoms with Crippen LogP contribution in [0.1, 0.15) is 28.4 Å². The number of carbonyl (C=O) groups is 1. The molecule has 26 heavy (non-hydrogen) atoms.